The van der Waals surface area contributed by atoms with Crippen molar-refractivity contribution < 1.29 is 4.79 Å². The molecule has 5 nitrogen and oxygen atoms in total. The molecule has 0 spiro atoms. The molecule has 1 saturated heterocycles. The van der Waals surface area contributed by atoms with Gasteiger partial charge in [-0.15, -0.1) is 0 Å². The first-order valence-corrected chi connectivity index (χ1v) is 7.63. The predicted molar refractivity (Wildman–Crippen MR) is 80.8 cm³/mol. The fourth-order valence-corrected chi connectivity index (χ4v) is 3.02. The number of likely N-dealkylation sites (tertiary alicyclic amines) is 1. The quantitative estimate of drug-likeness (QED) is 0.866. The third kappa shape index (κ3) is 3.17. The highest BCUT2D eigenvalue weighted by atomic mass is 16.2. The SMILES string of the molecule is C[C@H](CC(=O)N1CCC[C@@H](n2cccn2)C1)n1cccc1. The summed E-state index contributed by atoms with van der Waals surface area (Å²) in [6, 6.07) is 6.46. The Labute approximate surface area is 125 Å². The van der Waals surface area contributed by atoms with Gasteiger partial charge in [0, 0.05) is 50.3 Å². The van der Waals surface area contributed by atoms with Crippen LogP contribution in [0.25, 0.3) is 0 Å². The van der Waals surface area contributed by atoms with Crippen LogP contribution in [0, 0.1) is 0 Å². The van der Waals surface area contributed by atoms with Crippen LogP contribution in [0.15, 0.2) is 43.0 Å². The van der Waals surface area contributed by atoms with E-state index in [0.29, 0.717) is 12.5 Å². The second-order valence-electron chi connectivity index (χ2n) is 5.81. The van der Waals surface area contributed by atoms with Crippen LogP contribution in [-0.4, -0.2) is 38.2 Å². The number of hydrogen-bond acceptors (Lipinski definition) is 2. The molecule has 0 aliphatic carbocycles. The summed E-state index contributed by atoms with van der Waals surface area (Å²) in [6.07, 6.45) is 10.5. The van der Waals surface area contributed by atoms with Gasteiger partial charge in [-0.2, -0.15) is 5.10 Å². The molecule has 0 N–H and O–H groups in total. The topological polar surface area (TPSA) is 43.1 Å². The Morgan fingerprint density at radius 2 is 2.10 bits per heavy atom. The third-order valence-corrected chi connectivity index (χ3v) is 4.25. The molecule has 2 atom stereocenters. The van der Waals surface area contributed by atoms with E-state index < -0.39 is 0 Å². The van der Waals surface area contributed by atoms with Gasteiger partial charge < -0.3 is 9.47 Å². The second kappa shape index (κ2) is 6.16. The molecule has 1 fully saturated rings. The zero-order chi connectivity index (χ0) is 14.7. The first kappa shape index (κ1) is 13.9. The monoisotopic (exact) mass is 286 g/mol. The lowest BCUT2D eigenvalue weighted by Gasteiger charge is -2.33. The molecule has 1 amide bonds. The molecule has 5 heteroatoms. The van der Waals surface area contributed by atoms with Crippen LogP contribution in [0.5, 0.6) is 0 Å². The van der Waals surface area contributed by atoms with Gasteiger partial charge in [0.05, 0.1) is 6.04 Å². The largest absolute Gasteiger partial charge is 0.351 e. The van der Waals surface area contributed by atoms with Crippen molar-refractivity contribution in [2.45, 2.75) is 38.3 Å². The lowest BCUT2D eigenvalue weighted by atomic mass is 10.0. The molecule has 2 aromatic rings. The van der Waals surface area contributed by atoms with Crippen LogP contribution in [0.2, 0.25) is 0 Å². The van der Waals surface area contributed by atoms with Crippen molar-refractivity contribution in [3.8, 4) is 0 Å². The number of carbonyl (C=O) groups excluding carboxylic acids is 1. The van der Waals surface area contributed by atoms with Gasteiger partial charge in [0.15, 0.2) is 0 Å². The first-order chi connectivity index (χ1) is 10.2. The van der Waals surface area contributed by atoms with Crippen molar-refractivity contribution in [2.75, 3.05) is 13.1 Å². The molecular formula is C16H22N4O. The number of nitrogens with zero attached hydrogens (tertiary/aromatic N) is 4. The fourth-order valence-electron chi connectivity index (χ4n) is 3.02. The molecule has 2 aromatic heterocycles. The zero-order valence-electron chi connectivity index (χ0n) is 12.4. The Balaban J connectivity index is 1.59. The van der Waals surface area contributed by atoms with Gasteiger partial charge in [0.1, 0.15) is 0 Å². The van der Waals surface area contributed by atoms with Gasteiger partial charge in [0.25, 0.3) is 0 Å². The van der Waals surface area contributed by atoms with E-state index in [9.17, 15) is 4.79 Å². The van der Waals surface area contributed by atoms with E-state index in [4.69, 9.17) is 0 Å². The molecule has 1 aliphatic rings. The maximum atomic E-state index is 12.5. The average molecular weight is 286 g/mol. The van der Waals surface area contributed by atoms with E-state index in [1.807, 2.05) is 46.4 Å². The number of rotatable bonds is 4. The van der Waals surface area contributed by atoms with Crippen LogP contribution in [0.3, 0.4) is 0 Å². The summed E-state index contributed by atoms with van der Waals surface area (Å²) in [5, 5.41) is 4.31. The van der Waals surface area contributed by atoms with E-state index in [1.54, 1.807) is 6.20 Å². The Bertz CT molecular complexity index is 561. The fraction of sp³-hybridized carbons (Fsp3) is 0.500. The van der Waals surface area contributed by atoms with E-state index in [0.717, 1.165) is 25.9 Å². The van der Waals surface area contributed by atoms with Gasteiger partial charge in [-0.3, -0.25) is 9.48 Å². The molecule has 0 bridgehead atoms. The lowest BCUT2D eigenvalue weighted by Crippen LogP contribution is -2.41. The molecule has 1 aliphatic heterocycles. The summed E-state index contributed by atoms with van der Waals surface area (Å²) in [4.78, 5) is 14.5. The van der Waals surface area contributed by atoms with Gasteiger partial charge in [-0.1, -0.05) is 0 Å². The van der Waals surface area contributed by atoms with Crippen LogP contribution in [0.1, 0.15) is 38.3 Å². The number of piperidine rings is 1. The number of carbonyl (C=O) groups is 1. The van der Waals surface area contributed by atoms with Gasteiger partial charge in [-0.25, -0.2) is 0 Å². The van der Waals surface area contributed by atoms with Gasteiger partial charge in [-0.05, 0) is 38.0 Å². The number of amides is 1. The highest BCUT2D eigenvalue weighted by Gasteiger charge is 2.25. The molecule has 3 heterocycles. The first-order valence-electron chi connectivity index (χ1n) is 7.63. The van der Waals surface area contributed by atoms with E-state index in [2.05, 4.69) is 16.6 Å². The van der Waals surface area contributed by atoms with E-state index >= 15 is 0 Å². The van der Waals surface area contributed by atoms with Gasteiger partial charge >= 0.3 is 0 Å². The molecule has 0 unspecified atom stereocenters. The van der Waals surface area contributed by atoms with Crippen molar-refractivity contribution in [1.82, 2.24) is 19.2 Å². The minimum Gasteiger partial charge on any atom is -0.351 e. The van der Waals surface area contributed by atoms with Crippen LogP contribution < -0.4 is 0 Å². The van der Waals surface area contributed by atoms with Crippen molar-refractivity contribution in [2.24, 2.45) is 0 Å². The Kier molecular flexibility index (Phi) is 4.08. The minimum absolute atomic E-state index is 0.206. The Hall–Kier alpha value is -2.04. The molecule has 0 radical (unpaired) electrons. The summed E-state index contributed by atoms with van der Waals surface area (Å²) in [5.74, 6) is 0.244. The van der Waals surface area contributed by atoms with Crippen molar-refractivity contribution in [3.05, 3.63) is 43.0 Å². The van der Waals surface area contributed by atoms with Crippen LogP contribution in [-0.2, 0) is 4.79 Å². The van der Waals surface area contributed by atoms with E-state index in [-0.39, 0.29) is 11.9 Å². The molecule has 3 rings (SSSR count). The standard InChI is InChI=1S/C16H22N4O/c1-14(18-8-2-3-9-18)12-16(21)19-10-4-6-15(13-19)20-11-5-7-17-20/h2-3,5,7-9,11,14-15H,4,6,10,12-13H2,1H3/t14-,15-/m1/s1. The van der Waals surface area contributed by atoms with Crippen molar-refractivity contribution >= 4 is 5.91 Å². The molecule has 21 heavy (non-hydrogen) atoms. The van der Waals surface area contributed by atoms with E-state index in [1.165, 1.54) is 0 Å². The van der Waals surface area contributed by atoms with Crippen LogP contribution >= 0.6 is 0 Å². The number of hydrogen-bond donors (Lipinski definition) is 0. The third-order valence-electron chi connectivity index (χ3n) is 4.25. The summed E-state index contributed by atoms with van der Waals surface area (Å²) in [5.41, 5.74) is 0. The Morgan fingerprint density at radius 1 is 1.29 bits per heavy atom. The summed E-state index contributed by atoms with van der Waals surface area (Å²) < 4.78 is 4.07. The highest BCUT2D eigenvalue weighted by Crippen LogP contribution is 2.22. The average Bonchev–Trinajstić information content (AvgIpc) is 3.20. The molecular weight excluding hydrogens is 264 g/mol. The minimum atomic E-state index is 0.206. The van der Waals surface area contributed by atoms with Crippen molar-refractivity contribution in [3.63, 3.8) is 0 Å². The maximum Gasteiger partial charge on any atom is 0.224 e. The summed E-state index contributed by atoms with van der Waals surface area (Å²) in [6.45, 7) is 3.74. The Morgan fingerprint density at radius 3 is 2.81 bits per heavy atom. The lowest BCUT2D eigenvalue weighted by molar-refractivity contribution is -0.133. The second-order valence-corrected chi connectivity index (χ2v) is 5.81. The molecule has 0 saturated carbocycles. The van der Waals surface area contributed by atoms with Crippen molar-refractivity contribution in [1.29, 1.82) is 0 Å². The molecule has 112 valence electrons. The zero-order valence-corrected chi connectivity index (χ0v) is 12.4. The summed E-state index contributed by atoms with van der Waals surface area (Å²) in [7, 11) is 0. The highest BCUT2D eigenvalue weighted by molar-refractivity contribution is 5.76. The summed E-state index contributed by atoms with van der Waals surface area (Å²) >= 11 is 0. The normalized spacial score (nSPS) is 20.4. The molecule has 0 aromatic carbocycles. The maximum absolute atomic E-state index is 12.5. The van der Waals surface area contributed by atoms with Gasteiger partial charge in [0.2, 0.25) is 5.91 Å². The van der Waals surface area contributed by atoms with Crippen LogP contribution in [0.4, 0.5) is 0 Å². The number of aromatic nitrogens is 3. The smallest absolute Gasteiger partial charge is 0.224 e. The predicted octanol–water partition coefficient (Wildman–Crippen LogP) is 2.50.